The van der Waals surface area contributed by atoms with Crippen LogP contribution >= 0.6 is 11.3 Å². The van der Waals surface area contributed by atoms with Crippen LogP contribution in [0.5, 0.6) is 0 Å². The second kappa shape index (κ2) is 10.0. The molecule has 0 radical (unpaired) electrons. The van der Waals surface area contributed by atoms with Crippen molar-refractivity contribution in [3.05, 3.63) is 34.8 Å². The molecule has 2 aromatic rings. The van der Waals surface area contributed by atoms with Gasteiger partial charge in [-0.15, -0.1) is 11.3 Å². The van der Waals surface area contributed by atoms with E-state index < -0.39 is 6.04 Å². The molecule has 1 atom stereocenters. The van der Waals surface area contributed by atoms with Gasteiger partial charge in [-0.25, -0.2) is 4.98 Å². The number of anilines is 3. The summed E-state index contributed by atoms with van der Waals surface area (Å²) in [6, 6.07) is 7.32. The highest BCUT2D eigenvalue weighted by Crippen LogP contribution is 2.21. The summed E-state index contributed by atoms with van der Waals surface area (Å²) in [5, 5.41) is 6.30. The Balaban J connectivity index is 1.48. The summed E-state index contributed by atoms with van der Waals surface area (Å²) < 4.78 is 5.38. The van der Waals surface area contributed by atoms with Crippen LogP contribution in [-0.2, 0) is 14.3 Å². The molecular formula is C21H29N5O3S. The molecule has 0 spiro atoms. The Labute approximate surface area is 181 Å². The van der Waals surface area contributed by atoms with E-state index in [4.69, 9.17) is 4.74 Å². The lowest BCUT2D eigenvalue weighted by molar-refractivity contribution is -0.122. The first kappa shape index (κ1) is 22.2. The average Bonchev–Trinajstić information content (AvgIpc) is 3.05. The zero-order chi connectivity index (χ0) is 21.7. The second-order valence-corrected chi connectivity index (χ2v) is 8.64. The molecule has 0 bridgehead atoms. The molecule has 1 aliphatic heterocycles. The van der Waals surface area contributed by atoms with Gasteiger partial charge < -0.3 is 20.3 Å². The van der Waals surface area contributed by atoms with Crippen molar-refractivity contribution in [2.45, 2.75) is 26.8 Å². The van der Waals surface area contributed by atoms with E-state index in [1.807, 2.05) is 38.1 Å². The van der Waals surface area contributed by atoms with Crippen LogP contribution in [0.4, 0.5) is 16.5 Å². The van der Waals surface area contributed by atoms with Crippen molar-refractivity contribution in [3.63, 3.8) is 0 Å². The molecule has 1 unspecified atom stereocenters. The Bertz CT molecular complexity index is 858. The summed E-state index contributed by atoms with van der Waals surface area (Å²) in [5.74, 6) is -0.355. The van der Waals surface area contributed by atoms with Gasteiger partial charge in [0, 0.05) is 29.3 Å². The Kier molecular flexibility index (Phi) is 7.41. The molecule has 1 aromatic heterocycles. The lowest BCUT2D eigenvalue weighted by Crippen LogP contribution is -2.43. The Hall–Kier alpha value is -2.49. The number of carbonyl (C=O) groups excluding carboxylic acids is 2. The monoisotopic (exact) mass is 431 g/mol. The third kappa shape index (κ3) is 5.78. The van der Waals surface area contributed by atoms with Gasteiger partial charge in [0.2, 0.25) is 11.8 Å². The molecule has 2 N–H and O–H groups in total. The van der Waals surface area contributed by atoms with Gasteiger partial charge >= 0.3 is 0 Å². The van der Waals surface area contributed by atoms with Crippen molar-refractivity contribution < 1.29 is 14.3 Å². The standard InChI is InChI=1S/C21H29N5O3S/c1-14-16(3)30-21(22-14)24-20(28)15(2)25(4)13-19(27)23-17-5-7-18(8-6-17)26-9-11-29-12-10-26/h5-8,15H,9-13H2,1-4H3,(H,23,27)(H,22,24,28). The third-order valence-electron chi connectivity index (χ3n) is 5.22. The van der Waals surface area contributed by atoms with Gasteiger partial charge in [-0.3, -0.25) is 14.5 Å². The first-order valence-electron chi connectivity index (χ1n) is 10.0. The number of carbonyl (C=O) groups is 2. The van der Waals surface area contributed by atoms with Crippen LogP contribution < -0.4 is 15.5 Å². The smallest absolute Gasteiger partial charge is 0.243 e. The summed E-state index contributed by atoms with van der Waals surface area (Å²) in [6.45, 7) is 8.97. The summed E-state index contributed by atoms with van der Waals surface area (Å²) >= 11 is 1.45. The molecule has 0 saturated carbocycles. The number of rotatable bonds is 7. The van der Waals surface area contributed by atoms with Crippen LogP contribution in [0, 0.1) is 13.8 Å². The minimum absolute atomic E-state index is 0.107. The fourth-order valence-corrected chi connectivity index (χ4v) is 3.89. The largest absolute Gasteiger partial charge is 0.378 e. The number of likely N-dealkylation sites (N-methyl/N-ethyl adjacent to an activating group) is 1. The molecular weight excluding hydrogens is 402 g/mol. The van der Waals surface area contributed by atoms with E-state index in [0.717, 1.165) is 48.2 Å². The SMILES string of the molecule is Cc1nc(NC(=O)C(C)N(C)CC(=O)Nc2ccc(N3CCOCC3)cc2)sc1C. The normalized spacial score (nSPS) is 15.2. The van der Waals surface area contributed by atoms with Gasteiger partial charge in [-0.2, -0.15) is 0 Å². The van der Waals surface area contributed by atoms with Crippen LogP contribution in [-0.4, -0.2) is 67.6 Å². The van der Waals surface area contributed by atoms with Gasteiger partial charge in [0.1, 0.15) is 0 Å². The fraction of sp³-hybridized carbons (Fsp3) is 0.476. The molecule has 3 rings (SSSR count). The van der Waals surface area contributed by atoms with E-state index in [2.05, 4.69) is 20.5 Å². The Morgan fingerprint density at radius 2 is 1.87 bits per heavy atom. The van der Waals surface area contributed by atoms with E-state index in [-0.39, 0.29) is 18.4 Å². The van der Waals surface area contributed by atoms with Crippen molar-refractivity contribution in [3.8, 4) is 0 Å². The van der Waals surface area contributed by atoms with Gasteiger partial charge in [0.05, 0.1) is 31.5 Å². The van der Waals surface area contributed by atoms with Gasteiger partial charge in [0.15, 0.2) is 5.13 Å². The van der Waals surface area contributed by atoms with Crippen LogP contribution in [0.3, 0.4) is 0 Å². The number of aromatic nitrogens is 1. The number of hydrogen-bond donors (Lipinski definition) is 2. The second-order valence-electron chi connectivity index (χ2n) is 7.44. The van der Waals surface area contributed by atoms with E-state index in [9.17, 15) is 9.59 Å². The molecule has 2 heterocycles. The molecule has 30 heavy (non-hydrogen) atoms. The van der Waals surface area contributed by atoms with Crippen LogP contribution in [0.25, 0.3) is 0 Å². The summed E-state index contributed by atoms with van der Waals surface area (Å²) in [5.41, 5.74) is 2.76. The predicted molar refractivity (Wildman–Crippen MR) is 120 cm³/mol. The number of nitrogens with zero attached hydrogens (tertiary/aromatic N) is 3. The quantitative estimate of drug-likeness (QED) is 0.701. The van der Waals surface area contributed by atoms with Crippen LogP contribution in [0.15, 0.2) is 24.3 Å². The average molecular weight is 432 g/mol. The zero-order valence-electron chi connectivity index (χ0n) is 17.9. The highest BCUT2D eigenvalue weighted by atomic mass is 32.1. The maximum atomic E-state index is 12.5. The van der Waals surface area contributed by atoms with E-state index in [0.29, 0.717) is 5.13 Å². The van der Waals surface area contributed by atoms with Crippen molar-refractivity contribution in [2.75, 3.05) is 55.4 Å². The third-order valence-corrected chi connectivity index (χ3v) is 6.21. The fourth-order valence-electron chi connectivity index (χ4n) is 3.08. The van der Waals surface area contributed by atoms with Crippen molar-refractivity contribution in [1.82, 2.24) is 9.88 Å². The molecule has 0 aliphatic carbocycles. The van der Waals surface area contributed by atoms with Crippen LogP contribution in [0.2, 0.25) is 0 Å². The molecule has 1 saturated heterocycles. The molecule has 1 aliphatic rings. The Morgan fingerprint density at radius 1 is 1.20 bits per heavy atom. The highest BCUT2D eigenvalue weighted by Gasteiger charge is 2.21. The number of hydrogen-bond acceptors (Lipinski definition) is 7. The van der Waals surface area contributed by atoms with Crippen molar-refractivity contribution >= 4 is 39.7 Å². The molecule has 1 fully saturated rings. The topological polar surface area (TPSA) is 86.8 Å². The first-order valence-corrected chi connectivity index (χ1v) is 10.8. The van der Waals surface area contributed by atoms with E-state index >= 15 is 0 Å². The van der Waals surface area contributed by atoms with Gasteiger partial charge in [0.25, 0.3) is 0 Å². The highest BCUT2D eigenvalue weighted by molar-refractivity contribution is 7.15. The lowest BCUT2D eigenvalue weighted by atomic mass is 10.2. The Morgan fingerprint density at radius 3 is 2.47 bits per heavy atom. The minimum atomic E-state index is -0.469. The predicted octanol–water partition coefficient (Wildman–Crippen LogP) is 2.49. The number of morpholine rings is 1. The van der Waals surface area contributed by atoms with E-state index in [1.54, 1.807) is 18.9 Å². The van der Waals surface area contributed by atoms with Crippen molar-refractivity contribution in [1.29, 1.82) is 0 Å². The van der Waals surface area contributed by atoms with E-state index in [1.165, 1.54) is 11.3 Å². The maximum Gasteiger partial charge on any atom is 0.243 e. The number of amides is 2. The molecule has 2 amide bonds. The summed E-state index contributed by atoms with van der Waals surface area (Å²) in [7, 11) is 1.75. The number of nitrogens with one attached hydrogen (secondary N) is 2. The van der Waals surface area contributed by atoms with Gasteiger partial charge in [-0.1, -0.05) is 0 Å². The van der Waals surface area contributed by atoms with Crippen molar-refractivity contribution in [2.24, 2.45) is 0 Å². The number of ether oxygens (including phenoxy) is 1. The maximum absolute atomic E-state index is 12.5. The number of thiazole rings is 1. The van der Waals surface area contributed by atoms with Crippen LogP contribution in [0.1, 0.15) is 17.5 Å². The molecule has 1 aromatic carbocycles. The van der Waals surface area contributed by atoms with Gasteiger partial charge in [-0.05, 0) is 52.1 Å². The minimum Gasteiger partial charge on any atom is -0.378 e. The lowest BCUT2D eigenvalue weighted by Gasteiger charge is -2.29. The molecule has 8 nitrogen and oxygen atoms in total. The zero-order valence-corrected chi connectivity index (χ0v) is 18.7. The summed E-state index contributed by atoms with van der Waals surface area (Å²) in [6.07, 6.45) is 0. The molecule has 9 heteroatoms. The molecule has 162 valence electrons. The number of benzene rings is 1. The number of aryl methyl sites for hydroxylation is 2. The first-order chi connectivity index (χ1) is 14.3. The summed E-state index contributed by atoms with van der Waals surface area (Å²) in [4.78, 5) is 34.3.